The molecule has 0 aliphatic carbocycles. The number of nitrogens with zero attached hydrogens (tertiary/aromatic N) is 1. The van der Waals surface area contributed by atoms with Crippen LogP contribution in [0.15, 0.2) is 22.7 Å². The van der Waals surface area contributed by atoms with Crippen molar-refractivity contribution >= 4 is 5.97 Å². The molecular weight excluding hydrogens is 253 g/mol. The van der Waals surface area contributed by atoms with Crippen molar-refractivity contribution < 1.29 is 23.2 Å². The Bertz CT molecular complexity index is 621. The summed E-state index contributed by atoms with van der Waals surface area (Å²) in [4.78, 5) is 11.7. The van der Waals surface area contributed by atoms with Crippen LogP contribution in [0.4, 0.5) is 4.39 Å². The Hall–Kier alpha value is -2.37. The molecule has 0 saturated carbocycles. The predicted molar refractivity (Wildman–Crippen MR) is 64.5 cm³/mol. The van der Waals surface area contributed by atoms with Gasteiger partial charge in [0, 0.05) is 5.56 Å². The molecule has 0 aliphatic rings. The van der Waals surface area contributed by atoms with Gasteiger partial charge in [0.2, 0.25) is 0 Å². The van der Waals surface area contributed by atoms with E-state index in [0.717, 1.165) is 0 Å². The topological polar surface area (TPSA) is 61.6 Å². The maximum Gasteiger partial charge on any atom is 0.343 e. The minimum absolute atomic E-state index is 0.0979. The summed E-state index contributed by atoms with van der Waals surface area (Å²) in [6, 6.07) is 4.15. The van der Waals surface area contributed by atoms with Crippen LogP contribution < -0.4 is 4.74 Å². The molecule has 1 aromatic carbocycles. The van der Waals surface area contributed by atoms with E-state index in [-0.39, 0.29) is 22.6 Å². The molecule has 0 aliphatic heterocycles. The summed E-state index contributed by atoms with van der Waals surface area (Å²) < 4.78 is 28.5. The Balaban J connectivity index is 2.62. The number of aromatic nitrogens is 1. The molecule has 0 amide bonds. The number of halogens is 1. The van der Waals surface area contributed by atoms with E-state index >= 15 is 0 Å². The minimum atomic E-state index is -0.629. The number of methoxy groups -OCH3 is 2. The summed E-state index contributed by atoms with van der Waals surface area (Å²) in [5, 5.41) is 3.72. The second-order valence-electron chi connectivity index (χ2n) is 3.80. The third kappa shape index (κ3) is 2.29. The molecule has 0 radical (unpaired) electrons. The highest BCUT2D eigenvalue weighted by molar-refractivity contribution is 5.97. The SMILES string of the molecule is COC(=O)c1c(-c2cc(OC)ccc2F)noc1C. The van der Waals surface area contributed by atoms with Gasteiger partial charge in [0.1, 0.15) is 28.6 Å². The van der Waals surface area contributed by atoms with Crippen molar-refractivity contribution in [3.8, 4) is 17.0 Å². The molecule has 2 rings (SSSR count). The number of hydrogen-bond acceptors (Lipinski definition) is 5. The van der Waals surface area contributed by atoms with E-state index in [1.165, 1.54) is 32.4 Å². The zero-order chi connectivity index (χ0) is 14.0. The van der Waals surface area contributed by atoms with Crippen LogP contribution in [0, 0.1) is 12.7 Å². The molecule has 2 aromatic rings. The number of esters is 1. The summed E-state index contributed by atoms with van der Waals surface area (Å²) in [5.74, 6) is -0.438. The standard InChI is InChI=1S/C13H12FNO4/c1-7-11(13(16)18-3)12(15-19-7)9-6-8(17-2)4-5-10(9)14/h4-6H,1-3H3. The van der Waals surface area contributed by atoms with Gasteiger partial charge in [0.15, 0.2) is 0 Å². The molecule has 0 N–H and O–H groups in total. The Morgan fingerprint density at radius 2 is 2.11 bits per heavy atom. The van der Waals surface area contributed by atoms with Crippen molar-refractivity contribution in [2.75, 3.05) is 14.2 Å². The van der Waals surface area contributed by atoms with E-state index in [1.807, 2.05) is 0 Å². The van der Waals surface area contributed by atoms with Crippen molar-refractivity contribution in [1.82, 2.24) is 5.16 Å². The monoisotopic (exact) mass is 265 g/mol. The lowest BCUT2D eigenvalue weighted by Gasteiger charge is -2.05. The van der Waals surface area contributed by atoms with E-state index in [1.54, 1.807) is 6.92 Å². The van der Waals surface area contributed by atoms with Gasteiger partial charge < -0.3 is 14.0 Å². The second-order valence-corrected chi connectivity index (χ2v) is 3.80. The van der Waals surface area contributed by atoms with Crippen LogP contribution >= 0.6 is 0 Å². The highest BCUT2D eigenvalue weighted by Crippen LogP contribution is 2.30. The largest absolute Gasteiger partial charge is 0.497 e. The second kappa shape index (κ2) is 5.09. The van der Waals surface area contributed by atoms with E-state index in [4.69, 9.17) is 9.26 Å². The fourth-order valence-corrected chi connectivity index (χ4v) is 1.71. The van der Waals surface area contributed by atoms with Crippen molar-refractivity contribution in [2.45, 2.75) is 6.92 Å². The van der Waals surface area contributed by atoms with Gasteiger partial charge in [-0.25, -0.2) is 9.18 Å². The summed E-state index contributed by atoms with van der Waals surface area (Å²) in [7, 11) is 2.70. The molecule has 0 fully saturated rings. The van der Waals surface area contributed by atoms with Gasteiger partial charge in [-0.1, -0.05) is 5.16 Å². The third-order valence-corrected chi connectivity index (χ3v) is 2.68. The quantitative estimate of drug-likeness (QED) is 0.798. The van der Waals surface area contributed by atoms with E-state index in [9.17, 15) is 9.18 Å². The van der Waals surface area contributed by atoms with Gasteiger partial charge in [0.25, 0.3) is 0 Å². The summed E-state index contributed by atoms with van der Waals surface area (Å²) in [6.07, 6.45) is 0. The Morgan fingerprint density at radius 3 is 2.74 bits per heavy atom. The summed E-state index contributed by atoms with van der Waals surface area (Å²) in [5.41, 5.74) is 0.326. The van der Waals surface area contributed by atoms with Gasteiger partial charge in [-0.15, -0.1) is 0 Å². The molecule has 0 unspecified atom stereocenters. The van der Waals surface area contributed by atoms with Gasteiger partial charge in [-0.05, 0) is 25.1 Å². The summed E-state index contributed by atoms with van der Waals surface area (Å²) in [6.45, 7) is 1.56. The number of aryl methyl sites for hydroxylation is 1. The van der Waals surface area contributed by atoms with Crippen LogP contribution in [-0.2, 0) is 4.74 Å². The molecule has 5 nitrogen and oxygen atoms in total. The maximum atomic E-state index is 13.9. The number of rotatable bonds is 3. The smallest absolute Gasteiger partial charge is 0.343 e. The number of carbonyl (C=O) groups excluding carboxylic acids is 1. The van der Waals surface area contributed by atoms with Crippen molar-refractivity contribution in [2.24, 2.45) is 0 Å². The van der Waals surface area contributed by atoms with Gasteiger partial charge in [0.05, 0.1) is 14.2 Å². The average molecular weight is 265 g/mol. The van der Waals surface area contributed by atoms with Crippen LogP contribution in [0.5, 0.6) is 5.75 Å². The first-order chi connectivity index (χ1) is 9.08. The Kier molecular flexibility index (Phi) is 3.50. The zero-order valence-electron chi connectivity index (χ0n) is 10.7. The highest BCUT2D eigenvalue weighted by atomic mass is 19.1. The molecule has 0 spiro atoms. The molecule has 0 atom stereocenters. The fourth-order valence-electron chi connectivity index (χ4n) is 1.71. The first-order valence-electron chi connectivity index (χ1n) is 5.47. The molecule has 0 bridgehead atoms. The summed E-state index contributed by atoms with van der Waals surface area (Å²) >= 11 is 0. The highest BCUT2D eigenvalue weighted by Gasteiger charge is 2.24. The molecule has 1 aromatic heterocycles. The predicted octanol–water partition coefficient (Wildman–Crippen LogP) is 2.58. The van der Waals surface area contributed by atoms with E-state index in [2.05, 4.69) is 9.89 Å². The van der Waals surface area contributed by atoms with Crippen LogP contribution in [0.2, 0.25) is 0 Å². The molecular formula is C13H12FNO4. The minimum Gasteiger partial charge on any atom is -0.497 e. The average Bonchev–Trinajstić information content (AvgIpc) is 2.80. The maximum absolute atomic E-state index is 13.9. The van der Waals surface area contributed by atoms with Gasteiger partial charge >= 0.3 is 5.97 Å². The van der Waals surface area contributed by atoms with Crippen molar-refractivity contribution in [3.05, 3.63) is 35.3 Å². The lowest BCUT2D eigenvalue weighted by Crippen LogP contribution is -2.04. The molecule has 1 heterocycles. The van der Waals surface area contributed by atoms with E-state index in [0.29, 0.717) is 5.75 Å². The first-order valence-corrected chi connectivity index (χ1v) is 5.47. The molecule has 6 heteroatoms. The van der Waals surface area contributed by atoms with Crippen LogP contribution in [0.1, 0.15) is 16.1 Å². The zero-order valence-corrected chi connectivity index (χ0v) is 10.7. The van der Waals surface area contributed by atoms with Crippen LogP contribution in [-0.4, -0.2) is 25.3 Å². The number of ether oxygens (including phenoxy) is 2. The van der Waals surface area contributed by atoms with Gasteiger partial charge in [-0.3, -0.25) is 0 Å². The number of benzene rings is 1. The van der Waals surface area contributed by atoms with Crippen LogP contribution in [0.25, 0.3) is 11.3 Å². The third-order valence-electron chi connectivity index (χ3n) is 2.68. The lowest BCUT2D eigenvalue weighted by atomic mass is 10.1. The first kappa shape index (κ1) is 13.1. The van der Waals surface area contributed by atoms with Crippen molar-refractivity contribution in [3.63, 3.8) is 0 Å². The van der Waals surface area contributed by atoms with Gasteiger partial charge in [-0.2, -0.15) is 0 Å². The lowest BCUT2D eigenvalue weighted by molar-refractivity contribution is 0.0599. The van der Waals surface area contributed by atoms with Crippen LogP contribution in [0.3, 0.4) is 0 Å². The Labute approximate surface area is 108 Å². The fraction of sp³-hybridized carbons (Fsp3) is 0.231. The Morgan fingerprint density at radius 1 is 1.37 bits per heavy atom. The number of hydrogen-bond donors (Lipinski definition) is 0. The van der Waals surface area contributed by atoms with Crippen molar-refractivity contribution in [1.29, 1.82) is 0 Å². The van der Waals surface area contributed by atoms with E-state index < -0.39 is 11.8 Å². The normalized spacial score (nSPS) is 10.3. The molecule has 100 valence electrons. The number of carbonyl (C=O) groups is 1. The molecule has 19 heavy (non-hydrogen) atoms. The molecule has 0 saturated heterocycles.